The Kier molecular flexibility index (Phi) is 5.85. The molecule has 0 heterocycles. The van der Waals surface area contributed by atoms with Crippen LogP contribution in [0.1, 0.15) is 64.2 Å². The fourth-order valence-corrected chi connectivity index (χ4v) is 3.70. The third kappa shape index (κ3) is 3.95. The van der Waals surface area contributed by atoms with Crippen molar-refractivity contribution < 1.29 is 9.90 Å². The van der Waals surface area contributed by atoms with E-state index in [-0.39, 0.29) is 17.4 Å². The van der Waals surface area contributed by atoms with Crippen molar-refractivity contribution in [1.82, 2.24) is 5.32 Å². The quantitative estimate of drug-likeness (QED) is 0.690. The molecule has 0 aliphatic heterocycles. The third-order valence-electron chi connectivity index (χ3n) is 5.30. The number of rotatable bonds is 4. The Hall–Kier alpha value is -0.610. The van der Waals surface area contributed by atoms with Crippen LogP contribution in [0.15, 0.2) is 0 Å². The monoisotopic (exact) mass is 282 g/mol. The summed E-state index contributed by atoms with van der Waals surface area (Å²) in [5, 5.41) is 12.7. The number of amides is 1. The zero-order chi connectivity index (χ0) is 14.4. The van der Waals surface area contributed by atoms with Crippen LogP contribution in [0.3, 0.4) is 0 Å². The van der Waals surface area contributed by atoms with Crippen molar-refractivity contribution >= 4 is 5.91 Å². The Morgan fingerprint density at radius 1 is 1.10 bits per heavy atom. The van der Waals surface area contributed by atoms with Gasteiger partial charge >= 0.3 is 0 Å². The van der Waals surface area contributed by atoms with Gasteiger partial charge in [-0.2, -0.15) is 0 Å². The summed E-state index contributed by atoms with van der Waals surface area (Å²) in [5.41, 5.74) is 5.63. The standard InChI is InChI=1S/C16H30N2O2/c17-12-16(9-3-1-2-4-10-16)15(20)18-11-13-5-7-14(19)8-6-13/h13-14,19H,1-12,17H2,(H,18,20). The SMILES string of the molecule is NCC1(C(=O)NCC2CCC(O)CC2)CCCCCC1. The zero-order valence-corrected chi connectivity index (χ0v) is 12.6. The topological polar surface area (TPSA) is 75.4 Å². The van der Waals surface area contributed by atoms with E-state index in [1.807, 2.05) is 0 Å². The number of hydrogen-bond donors (Lipinski definition) is 3. The van der Waals surface area contributed by atoms with Crippen LogP contribution in [-0.4, -0.2) is 30.2 Å². The van der Waals surface area contributed by atoms with Crippen molar-refractivity contribution in [2.45, 2.75) is 70.3 Å². The Bertz CT molecular complexity index is 304. The molecule has 0 atom stereocenters. The minimum atomic E-state index is -0.315. The lowest BCUT2D eigenvalue weighted by atomic mass is 9.79. The minimum absolute atomic E-state index is 0.126. The van der Waals surface area contributed by atoms with Crippen molar-refractivity contribution in [1.29, 1.82) is 0 Å². The molecular formula is C16H30N2O2. The molecule has 20 heavy (non-hydrogen) atoms. The van der Waals surface area contributed by atoms with E-state index in [0.717, 1.165) is 57.9 Å². The first-order chi connectivity index (χ1) is 9.66. The van der Waals surface area contributed by atoms with Gasteiger partial charge in [-0.3, -0.25) is 4.79 Å². The molecule has 0 aromatic heterocycles. The highest BCUT2D eigenvalue weighted by Crippen LogP contribution is 2.34. The Labute approximate surface area is 122 Å². The van der Waals surface area contributed by atoms with Crippen molar-refractivity contribution in [3.8, 4) is 0 Å². The van der Waals surface area contributed by atoms with Gasteiger partial charge in [0.2, 0.25) is 5.91 Å². The van der Waals surface area contributed by atoms with Gasteiger partial charge in [-0.05, 0) is 44.4 Å². The van der Waals surface area contributed by atoms with Crippen molar-refractivity contribution in [3.05, 3.63) is 0 Å². The van der Waals surface area contributed by atoms with E-state index in [2.05, 4.69) is 5.32 Å². The molecule has 0 aromatic rings. The summed E-state index contributed by atoms with van der Waals surface area (Å²) in [6.45, 7) is 1.23. The highest BCUT2D eigenvalue weighted by Gasteiger charge is 2.37. The van der Waals surface area contributed by atoms with Gasteiger partial charge < -0.3 is 16.2 Å². The smallest absolute Gasteiger partial charge is 0.227 e. The lowest BCUT2D eigenvalue weighted by Gasteiger charge is -2.32. The molecule has 2 aliphatic carbocycles. The number of carbonyl (C=O) groups is 1. The van der Waals surface area contributed by atoms with Gasteiger partial charge in [-0.15, -0.1) is 0 Å². The maximum atomic E-state index is 12.6. The molecule has 0 bridgehead atoms. The number of nitrogens with two attached hydrogens (primary N) is 1. The lowest BCUT2D eigenvalue weighted by molar-refractivity contribution is -0.131. The molecule has 0 spiro atoms. The van der Waals surface area contributed by atoms with E-state index in [1.54, 1.807) is 0 Å². The normalized spacial score (nSPS) is 30.5. The van der Waals surface area contributed by atoms with Crippen molar-refractivity contribution in [2.75, 3.05) is 13.1 Å². The molecule has 2 aliphatic rings. The molecular weight excluding hydrogens is 252 g/mol. The van der Waals surface area contributed by atoms with E-state index in [9.17, 15) is 9.90 Å². The third-order valence-corrected chi connectivity index (χ3v) is 5.30. The van der Waals surface area contributed by atoms with E-state index in [0.29, 0.717) is 12.5 Å². The highest BCUT2D eigenvalue weighted by atomic mass is 16.3. The minimum Gasteiger partial charge on any atom is -0.393 e. The Balaban J connectivity index is 1.82. The van der Waals surface area contributed by atoms with Gasteiger partial charge in [-0.1, -0.05) is 25.7 Å². The zero-order valence-electron chi connectivity index (χ0n) is 12.6. The van der Waals surface area contributed by atoms with Crippen molar-refractivity contribution in [3.63, 3.8) is 0 Å². The van der Waals surface area contributed by atoms with Crippen molar-refractivity contribution in [2.24, 2.45) is 17.1 Å². The first-order valence-electron chi connectivity index (χ1n) is 8.33. The van der Waals surface area contributed by atoms with Crippen LogP contribution in [0, 0.1) is 11.3 Å². The molecule has 2 fully saturated rings. The number of aliphatic hydroxyl groups excluding tert-OH is 1. The van der Waals surface area contributed by atoms with Gasteiger partial charge in [0.25, 0.3) is 0 Å². The first kappa shape index (κ1) is 15.8. The summed E-state index contributed by atoms with van der Waals surface area (Å²) in [6, 6.07) is 0. The predicted octanol–water partition coefficient (Wildman–Crippen LogP) is 1.95. The van der Waals surface area contributed by atoms with Gasteiger partial charge in [-0.25, -0.2) is 0 Å². The molecule has 4 N–H and O–H groups in total. The van der Waals surface area contributed by atoms with E-state index in [4.69, 9.17) is 5.73 Å². The number of hydrogen-bond acceptors (Lipinski definition) is 3. The summed E-state index contributed by atoms with van der Waals surface area (Å²) < 4.78 is 0. The van der Waals surface area contributed by atoms with Gasteiger partial charge in [0.15, 0.2) is 0 Å². The average molecular weight is 282 g/mol. The second-order valence-electron chi connectivity index (χ2n) is 6.78. The summed E-state index contributed by atoms with van der Waals surface area (Å²) >= 11 is 0. The first-order valence-corrected chi connectivity index (χ1v) is 8.33. The van der Waals surface area contributed by atoms with Gasteiger partial charge in [0.1, 0.15) is 0 Å². The molecule has 116 valence electrons. The van der Waals surface area contributed by atoms with Crippen LogP contribution in [0.25, 0.3) is 0 Å². The molecule has 2 saturated carbocycles. The van der Waals surface area contributed by atoms with Gasteiger partial charge in [0, 0.05) is 13.1 Å². The predicted molar refractivity (Wildman–Crippen MR) is 80.2 cm³/mol. The molecule has 0 saturated heterocycles. The summed E-state index contributed by atoms with van der Waals surface area (Å²) in [4.78, 5) is 12.6. The van der Waals surface area contributed by atoms with Gasteiger partial charge in [0.05, 0.1) is 11.5 Å². The molecule has 4 heteroatoms. The molecule has 0 radical (unpaired) electrons. The van der Waals surface area contributed by atoms with Crippen LogP contribution in [0.5, 0.6) is 0 Å². The average Bonchev–Trinajstić information content (AvgIpc) is 2.73. The second-order valence-corrected chi connectivity index (χ2v) is 6.78. The molecule has 0 unspecified atom stereocenters. The molecule has 4 nitrogen and oxygen atoms in total. The van der Waals surface area contributed by atoms with Crippen LogP contribution in [0.4, 0.5) is 0 Å². The summed E-state index contributed by atoms with van der Waals surface area (Å²) in [7, 11) is 0. The van der Waals surface area contributed by atoms with Crippen LogP contribution < -0.4 is 11.1 Å². The summed E-state index contributed by atoms with van der Waals surface area (Å²) in [6.07, 6.45) is 10.3. The van der Waals surface area contributed by atoms with Crippen LogP contribution >= 0.6 is 0 Å². The molecule has 1 amide bonds. The highest BCUT2D eigenvalue weighted by molar-refractivity contribution is 5.82. The fourth-order valence-electron chi connectivity index (χ4n) is 3.70. The Morgan fingerprint density at radius 2 is 1.70 bits per heavy atom. The number of aliphatic hydroxyl groups is 1. The largest absolute Gasteiger partial charge is 0.393 e. The van der Waals surface area contributed by atoms with E-state index < -0.39 is 0 Å². The van der Waals surface area contributed by atoms with Crippen LogP contribution in [0.2, 0.25) is 0 Å². The van der Waals surface area contributed by atoms with Crippen LogP contribution in [-0.2, 0) is 4.79 Å². The number of nitrogens with one attached hydrogen (secondary N) is 1. The maximum absolute atomic E-state index is 12.6. The maximum Gasteiger partial charge on any atom is 0.227 e. The molecule has 2 rings (SSSR count). The second kappa shape index (κ2) is 7.41. The summed E-state index contributed by atoms with van der Waals surface area (Å²) in [5.74, 6) is 0.705. The Morgan fingerprint density at radius 3 is 2.25 bits per heavy atom. The molecule has 0 aromatic carbocycles. The van der Waals surface area contributed by atoms with E-state index >= 15 is 0 Å². The number of carbonyl (C=O) groups excluding carboxylic acids is 1. The fraction of sp³-hybridized carbons (Fsp3) is 0.938. The van der Waals surface area contributed by atoms with E-state index in [1.165, 1.54) is 12.8 Å². The lowest BCUT2D eigenvalue weighted by Crippen LogP contribution is -2.47.